The zero-order valence-corrected chi connectivity index (χ0v) is 7.89. The Hall–Kier alpha value is -0.610. The van der Waals surface area contributed by atoms with Gasteiger partial charge in [0.25, 0.3) is 0 Å². The number of likely N-dealkylation sites (N-methyl/N-ethyl adjacent to an activating group) is 1. The Kier molecular flexibility index (Phi) is 6.70. The molecule has 4 nitrogen and oxygen atoms in total. The Bertz CT molecular complexity index is 127. The zero-order chi connectivity index (χ0) is 9.40. The predicted molar refractivity (Wildman–Crippen MR) is 49.8 cm³/mol. The van der Waals surface area contributed by atoms with E-state index < -0.39 is 0 Å². The van der Waals surface area contributed by atoms with E-state index in [0.29, 0.717) is 13.1 Å². The molecule has 4 heteroatoms. The van der Waals surface area contributed by atoms with Gasteiger partial charge in [-0.2, -0.15) is 0 Å². The topological polar surface area (TPSA) is 67.2 Å². The van der Waals surface area contributed by atoms with Gasteiger partial charge >= 0.3 is 0 Å². The highest BCUT2D eigenvalue weighted by atomic mass is 16.1. The molecule has 1 atom stereocenters. The van der Waals surface area contributed by atoms with Crippen molar-refractivity contribution in [3.05, 3.63) is 0 Å². The van der Waals surface area contributed by atoms with Crippen LogP contribution < -0.4 is 16.4 Å². The van der Waals surface area contributed by atoms with Crippen LogP contribution in [0, 0.1) is 0 Å². The minimum atomic E-state index is 0.0435. The normalized spacial score (nSPS) is 12.6. The molecular formula is C8H19N3O. The number of carbonyl (C=O) groups excluding carboxylic acids is 1. The summed E-state index contributed by atoms with van der Waals surface area (Å²) < 4.78 is 0. The molecular weight excluding hydrogens is 154 g/mol. The molecule has 0 rings (SSSR count). The molecule has 0 aromatic carbocycles. The number of amides is 1. The van der Waals surface area contributed by atoms with Gasteiger partial charge in [0.15, 0.2) is 0 Å². The van der Waals surface area contributed by atoms with E-state index in [0.717, 1.165) is 12.8 Å². The lowest BCUT2D eigenvalue weighted by Crippen LogP contribution is -2.38. The quantitative estimate of drug-likeness (QED) is 0.505. The van der Waals surface area contributed by atoms with Crippen LogP contribution in [0.4, 0.5) is 0 Å². The first-order valence-corrected chi connectivity index (χ1v) is 4.34. The number of nitrogens with one attached hydrogen (secondary N) is 2. The van der Waals surface area contributed by atoms with Crippen molar-refractivity contribution < 1.29 is 4.79 Å². The minimum absolute atomic E-state index is 0.0435. The molecule has 0 radical (unpaired) electrons. The fourth-order valence-electron chi connectivity index (χ4n) is 0.983. The first-order valence-electron chi connectivity index (χ1n) is 4.34. The summed E-state index contributed by atoms with van der Waals surface area (Å²) in [4.78, 5) is 11.0. The van der Waals surface area contributed by atoms with Gasteiger partial charge < -0.3 is 16.4 Å². The molecule has 0 saturated heterocycles. The summed E-state index contributed by atoms with van der Waals surface area (Å²) in [6, 6.07) is 0.231. The van der Waals surface area contributed by atoms with Crippen molar-refractivity contribution >= 4 is 5.91 Å². The second-order valence-corrected chi connectivity index (χ2v) is 2.93. The van der Waals surface area contributed by atoms with Crippen molar-refractivity contribution in [2.75, 3.05) is 20.1 Å². The van der Waals surface area contributed by atoms with Gasteiger partial charge in [-0.05, 0) is 33.4 Å². The third-order valence-corrected chi connectivity index (χ3v) is 1.59. The first kappa shape index (κ1) is 11.4. The lowest BCUT2D eigenvalue weighted by atomic mass is 10.2. The fraction of sp³-hybridized carbons (Fsp3) is 0.875. The number of nitrogens with two attached hydrogens (primary N) is 1. The molecule has 72 valence electrons. The van der Waals surface area contributed by atoms with E-state index in [1.807, 2.05) is 6.92 Å². The molecule has 0 aliphatic heterocycles. The minimum Gasteiger partial charge on any atom is -0.353 e. The maximum Gasteiger partial charge on any atom is 0.234 e. The van der Waals surface area contributed by atoms with Crippen molar-refractivity contribution in [1.29, 1.82) is 0 Å². The van der Waals surface area contributed by atoms with Crippen molar-refractivity contribution in [1.82, 2.24) is 10.6 Å². The van der Waals surface area contributed by atoms with Gasteiger partial charge in [-0.15, -0.1) is 0 Å². The van der Waals surface area contributed by atoms with Crippen LogP contribution in [-0.4, -0.2) is 32.1 Å². The van der Waals surface area contributed by atoms with E-state index in [-0.39, 0.29) is 11.9 Å². The van der Waals surface area contributed by atoms with Crippen molar-refractivity contribution in [3.63, 3.8) is 0 Å². The molecule has 0 heterocycles. The van der Waals surface area contributed by atoms with Gasteiger partial charge in [-0.1, -0.05) is 0 Å². The van der Waals surface area contributed by atoms with Crippen molar-refractivity contribution in [2.45, 2.75) is 25.8 Å². The molecule has 0 bridgehead atoms. The van der Waals surface area contributed by atoms with Gasteiger partial charge in [0.05, 0.1) is 6.54 Å². The maximum absolute atomic E-state index is 11.0. The Morgan fingerprint density at radius 1 is 1.58 bits per heavy atom. The highest BCUT2D eigenvalue weighted by molar-refractivity contribution is 5.78. The Labute approximate surface area is 73.9 Å². The summed E-state index contributed by atoms with van der Waals surface area (Å²) in [5, 5.41) is 5.65. The van der Waals surface area contributed by atoms with E-state index >= 15 is 0 Å². The van der Waals surface area contributed by atoms with Crippen LogP contribution in [0.15, 0.2) is 0 Å². The molecule has 0 aromatic heterocycles. The Morgan fingerprint density at radius 2 is 2.25 bits per heavy atom. The molecule has 1 unspecified atom stereocenters. The molecule has 1 amide bonds. The van der Waals surface area contributed by atoms with Gasteiger partial charge in [0.2, 0.25) is 5.91 Å². The summed E-state index contributed by atoms with van der Waals surface area (Å²) in [6.07, 6.45) is 1.91. The van der Waals surface area contributed by atoms with Crippen LogP contribution in [0.5, 0.6) is 0 Å². The predicted octanol–water partition coefficient (Wildman–Crippen LogP) is -0.551. The molecule has 0 aliphatic carbocycles. The van der Waals surface area contributed by atoms with Crippen molar-refractivity contribution in [3.8, 4) is 0 Å². The number of hydrogen-bond donors (Lipinski definition) is 3. The molecule has 0 spiro atoms. The summed E-state index contributed by atoms with van der Waals surface area (Å²) >= 11 is 0. The molecule has 4 N–H and O–H groups in total. The van der Waals surface area contributed by atoms with Gasteiger partial charge in [-0.25, -0.2) is 0 Å². The number of rotatable bonds is 6. The molecule has 0 saturated carbocycles. The first-order chi connectivity index (χ1) is 5.70. The monoisotopic (exact) mass is 173 g/mol. The van der Waals surface area contributed by atoms with Crippen LogP contribution in [-0.2, 0) is 4.79 Å². The van der Waals surface area contributed by atoms with E-state index in [2.05, 4.69) is 10.6 Å². The summed E-state index contributed by atoms with van der Waals surface area (Å²) in [5.74, 6) is 0.0435. The average molecular weight is 173 g/mol. The summed E-state index contributed by atoms with van der Waals surface area (Å²) in [6.45, 7) is 3.06. The standard InChI is InChI=1S/C8H19N3O/c1-7(4-3-5-9)11-8(12)6-10-2/h7,10H,3-6,9H2,1-2H3,(H,11,12). The Balaban J connectivity index is 3.40. The largest absolute Gasteiger partial charge is 0.353 e. The highest BCUT2D eigenvalue weighted by Crippen LogP contribution is 1.93. The van der Waals surface area contributed by atoms with E-state index in [1.165, 1.54) is 0 Å². The van der Waals surface area contributed by atoms with Gasteiger partial charge in [-0.3, -0.25) is 4.79 Å². The Morgan fingerprint density at radius 3 is 2.75 bits per heavy atom. The average Bonchev–Trinajstić information content (AvgIpc) is 2.01. The molecule has 0 aliphatic rings. The second-order valence-electron chi connectivity index (χ2n) is 2.93. The van der Waals surface area contributed by atoms with Gasteiger partial charge in [0, 0.05) is 6.04 Å². The SMILES string of the molecule is CNCC(=O)NC(C)CCCN. The van der Waals surface area contributed by atoms with Crippen LogP contribution in [0.3, 0.4) is 0 Å². The number of hydrogen-bond acceptors (Lipinski definition) is 3. The summed E-state index contributed by atoms with van der Waals surface area (Å²) in [5.41, 5.74) is 5.34. The molecule has 0 aromatic rings. The zero-order valence-electron chi connectivity index (χ0n) is 7.89. The maximum atomic E-state index is 11.0. The lowest BCUT2D eigenvalue weighted by molar-refractivity contribution is -0.120. The smallest absolute Gasteiger partial charge is 0.234 e. The summed E-state index contributed by atoms with van der Waals surface area (Å²) in [7, 11) is 1.75. The lowest BCUT2D eigenvalue weighted by Gasteiger charge is -2.12. The third-order valence-electron chi connectivity index (χ3n) is 1.59. The van der Waals surface area contributed by atoms with Crippen LogP contribution in [0.1, 0.15) is 19.8 Å². The van der Waals surface area contributed by atoms with E-state index in [4.69, 9.17) is 5.73 Å². The van der Waals surface area contributed by atoms with Crippen molar-refractivity contribution in [2.24, 2.45) is 5.73 Å². The van der Waals surface area contributed by atoms with Gasteiger partial charge in [0.1, 0.15) is 0 Å². The molecule has 0 fully saturated rings. The molecule has 12 heavy (non-hydrogen) atoms. The second kappa shape index (κ2) is 7.06. The third kappa shape index (κ3) is 6.12. The van der Waals surface area contributed by atoms with Crippen LogP contribution in [0.2, 0.25) is 0 Å². The van der Waals surface area contributed by atoms with Crippen LogP contribution in [0.25, 0.3) is 0 Å². The van der Waals surface area contributed by atoms with E-state index in [1.54, 1.807) is 7.05 Å². The highest BCUT2D eigenvalue weighted by Gasteiger charge is 2.04. The van der Waals surface area contributed by atoms with Crippen LogP contribution >= 0.6 is 0 Å². The fourth-order valence-corrected chi connectivity index (χ4v) is 0.983. The van der Waals surface area contributed by atoms with E-state index in [9.17, 15) is 4.79 Å². The number of carbonyl (C=O) groups is 1.